The quantitative estimate of drug-likeness (QED) is 0.0892. The average Bonchev–Trinajstić information content (AvgIpc) is 3.55. The number of anilines is 3. The summed E-state index contributed by atoms with van der Waals surface area (Å²) in [5.41, 5.74) is 8.03. The van der Waals surface area contributed by atoms with Gasteiger partial charge in [0.2, 0.25) is 14.3 Å². The van der Waals surface area contributed by atoms with Gasteiger partial charge in [0.15, 0.2) is 5.60 Å². The second-order valence-electron chi connectivity index (χ2n) is 14.0. The van der Waals surface area contributed by atoms with Crippen LogP contribution in [-0.2, 0) is 33.0 Å². The Morgan fingerprint density at radius 2 is 1.71 bits per heavy atom. The molecular weight excluding hydrogens is 680 g/mol. The first-order valence-electron chi connectivity index (χ1n) is 17.4. The lowest BCUT2D eigenvalue weighted by Gasteiger charge is -2.31. The number of hydrogen-bond acceptors (Lipinski definition) is 7. The summed E-state index contributed by atoms with van der Waals surface area (Å²) in [6.07, 6.45) is -1.02. The molecule has 0 aromatic heterocycles. The van der Waals surface area contributed by atoms with Crippen molar-refractivity contribution in [2.24, 2.45) is 5.92 Å². The zero-order valence-corrected chi connectivity index (χ0v) is 30.8. The molecule has 2 aliphatic heterocycles. The minimum Gasteiger partial charge on any atom is -0.497 e. The van der Waals surface area contributed by atoms with E-state index in [9.17, 15) is 19.5 Å². The Labute approximate surface area is 304 Å². The van der Waals surface area contributed by atoms with E-state index in [0.29, 0.717) is 33.9 Å². The molecule has 1 spiro atoms. The van der Waals surface area contributed by atoms with Crippen molar-refractivity contribution in [1.82, 2.24) is 4.90 Å². The van der Waals surface area contributed by atoms with Crippen molar-refractivity contribution in [1.29, 1.82) is 0 Å². The van der Waals surface area contributed by atoms with E-state index in [1.165, 1.54) is 0 Å². The third-order valence-electron chi connectivity index (χ3n) is 10.2. The number of nitrogens with one attached hydrogen (secondary N) is 1. The Balaban J connectivity index is 1.28. The van der Waals surface area contributed by atoms with Gasteiger partial charge in [0.05, 0.1) is 38.5 Å². The lowest BCUT2D eigenvalue weighted by Crippen LogP contribution is -2.45. The van der Waals surface area contributed by atoms with Crippen LogP contribution in [0.3, 0.4) is 0 Å². The molecule has 12 heteroatoms. The van der Waals surface area contributed by atoms with Crippen LogP contribution in [0.2, 0.25) is 18.6 Å². The molecule has 4 aromatic carbocycles. The van der Waals surface area contributed by atoms with Crippen molar-refractivity contribution in [2.75, 3.05) is 36.2 Å². The van der Waals surface area contributed by atoms with E-state index in [1.807, 2.05) is 55.5 Å². The highest BCUT2D eigenvalue weighted by Gasteiger charge is 2.67. The molecule has 0 aliphatic carbocycles. The molecule has 1 saturated heterocycles. The van der Waals surface area contributed by atoms with Crippen molar-refractivity contribution in [2.45, 2.75) is 56.8 Å². The average molecular weight is 725 g/mol. The monoisotopic (exact) mass is 724 g/mol. The molecule has 1 fully saturated rings. The molecule has 0 radical (unpaired) electrons. The van der Waals surface area contributed by atoms with E-state index >= 15 is 4.11 Å². The highest BCUT2D eigenvalue weighted by Crippen LogP contribution is 2.60. The Morgan fingerprint density at radius 3 is 2.35 bits per heavy atom. The van der Waals surface area contributed by atoms with Gasteiger partial charge in [-0.3, -0.25) is 14.4 Å². The number of nitrogens with two attached hydrogens (primary N) is 1. The number of benzene rings is 4. The summed E-state index contributed by atoms with van der Waals surface area (Å²) in [5.74, 6) is -0.979. The van der Waals surface area contributed by atoms with Crippen LogP contribution in [0.25, 0.3) is 0 Å². The zero-order valence-electron chi connectivity index (χ0n) is 29.8. The van der Waals surface area contributed by atoms with Crippen LogP contribution in [0.5, 0.6) is 5.75 Å². The van der Waals surface area contributed by atoms with Crippen LogP contribution in [0.15, 0.2) is 97.1 Å². The molecule has 6 rings (SSSR count). The third kappa shape index (κ3) is 7.18. The van der Waals surface area contributed by atoms with E-state index in [0.717, 1.165) is 11.1 Å². The molecule has 2 heterocycles. The van der Waals surface area contributed by atoms with Crippen LogP contribution in [0, 0.1) is 5.92 Å². The van der Waals surface area contributed by atoms with Gasteiger partial charge < -0.3 is 39.5 Å². The Kier molecular flexibility index (Phi) is 10.5. The molecule has 3 amide bonds. The summed E-state index contributed by atoms with van der Waals surface area (Å²) in [6.45, 7) is 5.40. The fraction of sp³-hybridized carbons (Fsp3) is 0.325. The number of halogens is 1. The standard InChI is InChI=1S/C40H45FN4O6Si/c1-26-37(52(3,4)41)35(23-36(47)44(20-21-46)24-27-8-6-5-7-9-27)51-40(26)33-22-32(50-2)18-19-34(33)45(39(40)49)25-28-10-16-31(17-11-28)43-38(48)29-12-14-30(42)15-13-29/h5-19,22,26,35,37,46H,20-21,23-25,42H2,1-4H3,(H,43,48)/t26-,35+,37-,40+/m0/s1. The zero-order chi connectivity index (χ0) is 37.2. The summed E-state index contributed by atoms with van der Waals surface area (Å²) >= 11 is 0. The highest BCUT2D eigenvalue weighted by atomic mass is 28.4. The van der Waals surface area contributed by atoms with Gasteiger partial charge in [-0.2, -0.15) is 0 Å². The van der Waals surface area contributed by atoms with Gasteiger partial charge in [-0.1, -0.05) is 49.4 Å². The summed E-state index contributed by atoms with van der Waals surface area (Å²) < 4.78 is 28.8. The molecule has 4 atom stereocenters. The number of fused-ring (bicyclic) bond motifs is 2. The number of nitrogen functional groups attached to an aromatic ring is 1. The van der Waals surface area contributed by atoms with Gasteiger partial charge >= 0.3 is 0 Å². The number of methoxy groups -OCH3 is 1. The molecular formula is C40H45FN4O6Si. The Morgan fingerprint density at radius 1 is 1.02 bits per heavy atom. The van der Waals surface area contributed by atoms with Crippen LogP contribution >= 0.6 is 0 Å². The number of nitrogens with zero attached hydrogens (tertiary/aromatic N) is 2. The SMILES string of the molecule is COc1ccc2c(c1)[C@@]1(O[C@H](CC(=O)N(CCO)Cc3ccccc3)[C@@H]([Si](C)(C)F)[C@@H]1C)C(=O)N2Cc1ccc(NC(=O)c2ccc(N)cc2)cc1. The second-order valence-corrected chi connectivity index (χ2v) is 17.8. The molecule has 10 nitrogen and oxygen atoms in total. The number of carbonyl (C=O) groups is 3. The van der Waals surface area contributed by atoms with Crippen LogP contribution in [-0.4, -0.2) is 62.5 Å². The summed E-state index contributed by atoms with van der Waals surface area (Å²) in [5, 5.41) is 12.7. The lowest BCUT2D eigenvalue weighted by atomic mass is 9.82. The first-order chi connectivity index (χ1) is 24.8. The van der Waals surface area contributed by atoms with Crippen molar-refractivity contribution in [3.8, 4) is 5.75 Å². The van der Waals surface area contributed by atoms with Gasteiger partial charge in [-0.15, -0.1) is 0 Å². The Hall–Kier alpha value is -5.04. The molecule has 4 aromatic rings. The summed E-state index contributed by atoms with van der Waals surface area (Å²) in [7, 11) is -2.00. The number of aliphatic hydroxyl groups excluding tert-OH is 1. The molecule has 0 bridgehead atoms. The van der Waals surface area contributed by atoms with Gasteiger partial charge in [0.25, 0.3) is 11.8 Å². The normalized spacial score (nSPS) is 20.9. The van der Waals surface area contributed by atoms with Crippen LogP contribution < -0.4 is 20.7 Å². The van der Waals surface area contributed by atoms with Crippen LogP contribution in [0.4, 0.5) is 21.2 Å². The van der Waals surface area contributed by atoms with Gasteiger partial charge in [0.1, 0.15) is 5.75 Å². The number of ether oxygens (including phenoxy) is 2. The maximum absolute atomic E-state index is 16.4. The number of amides is 3. The minimum atomic E-state index is -3.54. The number of hydrogen-bond donors (Lipinski definition) is 3. The first kappa shape index (κ1) is 36.7. The topological polar surface area (TPSA) is 134 Å². The molecule has 2 aliphatic rings. The summed E-state index contributed by atoms with van der Waals surface area (Å²) in [6, 6.07) is 28.7. The van der Waals surface area contributed by atoms with Crippen LogP contribution in [0.1, 0.15) is 40.4 Å². The second kappa shape index (κ2) is 14.9. The van der Waals surface area contributed by atoms with Crippen molar-refractivity contribution < 1.29 is 33.1 Å². The number of aliphatic hydroxyl groups is 1. The number of rotatable bonds is 12. The van der Waals surface area contributed by atoms with E-state index < -0.39 is 31.6 Å². The summed E-state index contributed by atoms with van der Waals surface area (Å²) in [4.78, 5) is 44.7. The molecule has 52 heavy (non-hydrogen) atoms. The molecule has 272 valence electrons. The lowest BCUT2D eigenvalue weighted by molar-refractivity contribution is -0.150. The smallest absolute Gasteiger partial charge is 0.264 e. The predicted molar refractivity (Wildman–Crippen MR) is 201 cm³/mol. The van der Waals surface area contributed by atoms with Crippen molar-refractivity contribution in [3.63, 3.8) is 0 Å². The van der Waals surface area contributed by atoms with E-state index in [1.54, 1.807) is 78.5 Å². The van der Waals surface area contributed by atoms with E-state index in [-0.39, 0.29) is 50.4 Å². The Bertz CT molecular complexity index is 1920. The number of carbonyl (C=O) groups excluding carboxylic acids is 3. The fourth-order valence-corrected chi connectivity index (χ4v) is 10.2. The van der Waals surface area contributed by atoms with Gasteiger partial charge in [0, 0.05) is 47.1 Å². The maximum atomic E-state index is 16.4. The fourth-order valence-electron chi connectivity index (χ4n) is 7.74. The van der Waals surface area contributed by atoms with Gasteiger partial charge in [-0.25, -0.2) is 0 Å². The molecule has 0 saturated carbocycles. The largest absolute Gasteiger partial charge is 0.497 e. The maximum Gasteiger partial charge on any atom is 0.264 e. The van der Waals surface area contributed by atoms with Crippen molar-refractivity contribution >= 4 is 43.2 Å². The van der Waals surface area contributed by atoms with E-state index in [2.05, 4.69) is 5.32 Å². The predicted octanol–water partition coefficient (Wildman–Crippen LogP) is 6.26. The van der Waals surface area contributed by atoms with E-state index in [4.69, 9.17) is 15.2 Å². The van der Waals surface area contributed by atoms with Gasteiger partial charge in [-0.05, 0) is 78.8 Å². The molecule has 4 N–H and O–H groups in total. The minimum absolute atomic E-state index is 0.110. The highest BCUT2D eigenvalue weighted by molar-refractivity contribution is 6.72. The van der Waals surface area contributed by atoms with Crippen molar-refractivity contribution in [3.05, 3.63) is 119 Å². The first-order valence-corrected chi connectivity index (χ1v) is 20.4. The molecule has 0 unspecified atom stereocenters. The third-order valence-corrected chi connectivity index (χ3v) is 12.7.